The number of thiocarbonyl (C=S) groups is 2. The Bertz CT molecular complexity index is 936. The van der Waals surface area contributed by atoms with Crippen LogP contribution in [0.2, 0.25) is 0 Å². The lowest BCUT2D eigenvalue weighted by molar-refractivity contribution is 0.129. The van der Waals surface area contributed by atoms with E-state index < -0.39 is 0 Å². The molecule has 0 amide bonds. The van der Waals surface area contributed by atoms with E-state index in [1.807, 2.05) is 17.5 Å². The zero-order chi connectivity index (χ0) is 20.7. The Morgan fingerprint density at radius 2 is 1.66 bits per heavy atom. The molecule has 0 aliphatic carbocycles. The van der Waals surface area contributed by atoms with Crippen LogP contribution in [0.3, 0.4) is 0 Å². The number of hydrogen-bond acceptors (Lipinski definition) is 4. The fourth-order valence-corrected chi connectivity index (χ4v) is 5.08. The lowest BCUT2D eigenvalue weighted by Crippen LogP contribution is -2.53. The van der Waals surface area contributed by atoms with Gasteiger partial charge in [0.05, 0.1) is 12.1 Å². The van der Waals surface area contributed by atoms with E-state index in [1.165, 1.54) is 28.8 Å². The Morgan fingerprint density at radius 3 is 2.28 bits per heavy atom. The number of halogens is 1. The van der Waals surface area contributed by atoms with Crippen LogP contribution in [-0.2, 0) is 0 Å². The first-order valence-electron chi connectivity index (χ1n) is 9.99. The highest BCUT2D eigenvalue weighted by Gasteiger charge is 2.42. The highest BCUT2D eigenvalue weighted by molar-refractivity contribution is 7.81. The summed E-state index contributed by atoms with van der Waals surface area (Å²) in [6.07, 6.45) is 0. The van der Waals surface area contributed by atoms with Crippen molar-refractivity contribution in [2.75, 3.05) is 38.1 Å². The van der Waals surface area contributed by atoms with Crippen LogP contribution in [0.4, 0.5) is 10.1 Å². The summed E-state index contributed by atoms with van der Waals surface area (Å²) in [6, 6.07) is 11.1. The molecule has 0 bridgehead atoms. The van der Waals surface area contributed by atoms with Gasteiger partial charge < -0.3 is 9.80 Å². The van der Waals surface area contributed by atoms with Gasteiger partial charge in [0.15, 0.2) is 0 Å². The number of rotatable bonds is 4. The molecule has 152 valence electrons. The molecule has 0 N–H and O–H groups in total. The zero-order valence-electron chi connectivity index (χ0n) is 17.1. The van der Waals surface area contributed by atoms with Crippen molar-refractivity contribution in [1.29, 1.82) is 0 Å². The second kappa shape index (κ2) is 8.19. The summed E-state index contributed by atoms with van der Waals surface area (Å²) in [6.45, 7) is 8.23. The molecule has 2 unspecified atom stereocenters. The van der Waals surface area contributed by atoms with E-state index in [1.54, 1.807) is 0 Å². The van der Waals surface area contributed by atoms with E-state index in [4.69, 9.17) is 24.4 Å². The molecule has 2 aliphatic rings. The summed E-state index contributed by atoms with van der Waals surface area (Å²) in [4.78, 5) is 7.76. The van der Waals surface area contributed by atoms with Crippen LogP contribution in [0.15, 0.2) is 36.4 Å². The summed E-state index contributed by atoms with van der Waals surface area (Å²) < 4.78 is 13.6. The summed E-state index contributed by atoms with van der Waals surface area (Å²) in [7, 11) is 2.15. The Hall–Kier alpha value is -1.73. The number of benzene rings is 2. The van der Waals surface area contributed by atoms with Gasteiger partial charge in [0.25, 0.3) is 0 Å². The predicted octanol–water partition coefficient (Wildman–Crippen LogP) is 4.30. The van der Waals surface area contributed by atoms with Crippen LogP contribution in [0.5, 0.6) is 0 Å². The number of anilines is 1. The molecule has 6 heteroatoms. The fraction of sp³-hybridized carbons (Fsp3) is 0.391. The van der Waals surface area contributed by atoms with E-state index in [0.29, 0.717) is 0 Å². The Kier molecular flexibility index (Phi) is 5.80. The number of fused-ring (bicyclic) bond motifs is 1. The van der Waals surface area contributed by atoms with Gasteiger partial charge in [-0.25, -0.2) is 4.39 Å². The van der Waals surface area contributed by atoms with Crippen molar-refractivity contribution >= 4 is 40.5 Å². The van der Waals surface area contributed by atoms with Gasteiger partial charge >= 0.3 is 0 Å². The van der Waals surface area contributed by atoms with Crippen molar-refractivity contribution < 1.29 is 4.39 Å². The molecule has 29 heavy (non-hydrogen) atoms. The lowest BCUT2D eigenvalue weighted by atomic mass is 9.94. The van der Waals surface area contributed by atoms with Gasteiger partial charge in [-0.2, -0.15) is 0 Å². The van der Waals surface area contributed by atoms with Gasteiger partial charge in [-0.3, -0.25) is 4.90 Å². The summed E-state index contributed by atoms with van der Waals surface area (Å²) in [5.41, 5.74) is 5.69. The second-order valence-corrected chi connectivity index (χ2v) is 8.74. The third-order valence-electron chi connectivity index (χ3n) is 6.24. The number of aryl methyl sites for hydroxylation is 2. The van der Waals surface area contributed by atoms with Crippen LogP contribution in [0, 0.1) is 19.7 Å². The predicted molar refractivity (Wildman–Crippen MR) is 126 cm³/mol. The summed E-state index contributed by atoms with van der Waals surface area (Å²) in [5, 5.41) is 1.89. The molecular formula is C23H26FN3S2. The minimum absolute atomic E-state index is 0.0110. The van der Waals surface area contributed by atoms with Gasteiger partial charge in [-0.05, 0) is 73.3 Å². The first-order valence-corrected chi connectivity index (χ1v) is 10.9. The third-order valence-corrected chi connectivity index (χ3v) is 6.93. The van der Waals surface area contributed by atoms with Crippen molar-refractivity contribution in [2.24, 2.45) is 0 Å². The average Bonchev–Trinajstić information content (AvgIpc) is 2.97. The molecule has 0 spiro atoms. The quantitative estimate of drug-likeness (QED) is 0.671. The van der Waals surface area contributed by atoms with Crippen molar-refractivity contribution in [3.05, 3.63) is 64.5 Å². The van der Waals surface area contributed by atoms with Crippen LogP contribution in [0.1, 0.15) is 28.3 Å². The minimum Gasteiger partial charge on any atom is -0.323 e. The van der Waals surface area contributed by atoms with Crippen LogP contribution < -0.4 is 4.90 Å². The molecule has 2 heterocycles. The topological polar surface area (TPSA) is 9.72 Å². The van der Waals surface area contributed by atoms with Gasteiger partial charge in [0.2, 0.25) is 0 Å². The average molecular weight is 428 g/mol. The Morgan fingerprint density at radius 1 is 1.03 bits per heavy atom. The molecule has 0 radical (unpaired) electrons. The normalized spacial score (nSPS) is 21.3. The van der Waals surface area contributed by atoms with Crippen molar-refractivity contribution in [2.45, 2.75) is 25.9 Å². The fourth-order valence-electron chi connectivity index (χ4n) is 4.36. The van der Waals surface area contributed by atoms with Gasteiger partial charge in [0.1, 0.15) is 10.8 Å². The van der Waals surface area contributed by atoms with Crippen molar-refractivity contribution in [1.82, 2.24) is 9.80 Å². The van der Waals surface area contributed by atoms with Gasteiger partial charge in [-0.15, -0.1) is 0 Å². The van der Waals surface area contributed by atoms with Crippen LogP contribution in [-0.4, -0.2) is 59.4 Å². The molecule has 2 atom stereocenters. The number of likely N-dealkylation sites (N-methyl/N-ethyl adjacent to an activating group) is 1. The lowest BCUT2D eigenvalue weighted by Gasteiger charge is -2.41. The summed E-state index contributed by atoms with van der Waals surface area (Å²) >= 11 is 11.5. The minimum atomic E-state index is -0.245. The maximum atomic E-state index is 13.6. The van der Waals surface area contributed by atoms with E-state index in [9.17, 15) is 4.39 Å². The third kappa shape index (κ3) is 3.75. The van der Waals surface area contributed by atoms with Crippen LogP contribution in [0.25, 0.3) is 0 Å². The van der Waals surface area contributed by atoms with E-state index >= 15 is 0 Å². The highest BCUT2D eigenvalue weighted by Crippen LogP contribution is 2.42. The molecule has 2 aliphatic heterocycles. The molecule has 0 saturated carbocycles. The van der Waals surface area contributed by atoms with E-state index in [0.717, 1.165) is 42.4 Å². The first kappa shape index (κ1) is 20.5. The monoisotopic (exact) mass is 427 g/mol. The highest BCUT2D eigenvalue weighted by atomic mass is 32.1. The summed E-state index contributed by atoms with van der Waals surface area (Å²) in [5.74, 6) is -0.245. The molecule has 2 aromatic rings. The molecule has 2 aromatic carbocycles. The van der Waals surface area contributed by atoms with E-state index in [-0.39, 0.29) is 17.9 Å². The molecule has 1 fully saturated rings. The number of nitrogens with zero attached hydrogens (tertiary/aromatic N) is 3. The smallest absolute Gasteiger partial charge is 0.123 e. The number of piperazine rings is 1. The molecule has 4 rings (SSSR count). The SMILES string of the molecule is Cc1cc2c(cc1C)C(C(C=S)N1CCN(C)CC1)N(c1ccc(F)cc1)C2=S. The second-order valence-electron chi connectivity index (χ2n) is 8.09. The maximum absolute atomic E-state index is 13.6. The molecule has 3 nitrogen and oxygen atoms in total. The van der Waals surface area contributed by atoms with Crippen molar-refractivity contribution in [3.63, 3.8) is 0 Å². The first-order chi connectivity index (χ1) is 13.9. The van der Waals surface area contributed by atoms with Gasteiger partial charge in [0, 0.05) is 37.4 Å². The molecular weight excluding hydrogens is 401 g/mol. The largest absolute Gasteiger partial charge is 0.323 e. The zero-order valence-corrected chi connectivity index (χ0v) is 18.7. The Labute approximate surface area is 183 Å². The maximum Gasteiger partial charge on any atom is 0.123 e. The van der Waals surface area contributed by atoms with E-state index in [2.05, 4.69) is 47.7 Å². The molecule has 1 saturated heterocycles. The van der Waals surface area contributed by atoms with Crippen molar-refractivity contribution in [3.8, 4) is 0 Å². The Balaban J connectivity index is 1.82. The van der Waals surface area contributed by atoms with Gasteiger partial charge in [-0.1, -0.05) is 30.5 Å². The molecule has 0 aromatic heterocycles. The standard InChI is InChI=1S/C23H26FN3S2/c1-15-12-19-20(13-16(15)2)23(29)27(18-6-4-17(24)5-7-18)22(19)21(14-28)26-10-8-25(3)9-11-26/h4-7,12-14,21-22H,8-11H2,1-3H3. The number of hydrogen-bond donors (Lipinski definition) is 0. The van der Waals surface area contributed by atoms with Crippen LogP contribution >= 0.6 is 24.4 Å².